The van der Waals surface area contributed by atoms with Crippen molar-refractivity contribution < 1.29 is 37.6 Å². The molecule has 246 valence electrons. The highest BCUT2D eigenvalue weighted by Gasteiger charge is 2.12. The van der Waals surface area contributed by atoms with E-state index < -0.39 is 0 Å². The molecule has 1 aromatic carbocycles. The van der Waals surface area contributed by atoms with Gasteiger partial charge in [-0.15, -0.1) is 0 Å². The zero-order valence-corrected chi connectivity index (χ0v) is 27.5. The number of benzene rings is 1. The number of hydrogen-bond donors (Lipinski definition) is 3. The van der Waals surface area contributed by atoms with Gasteiger partial charge in [-0.3, -0.25) is 9.59 Å². The van der Waals surface area contributed by atoms with Crippen molar-refractivity contribution in [3.8, 4) is 17.6 Å². The first kappa shape index (κ1) is 40.0. The van der Waals surface area contributed by atoms with E-state index in [0.29, 0.717) is 103 Å². The average molecular weight is 636 g/mol. The molecule has 0 fully saturated rings. The third-order valence-corrected chi connectivity index (χ3v) is 6.75. The Labute approximate surface area is 265 Å². The number of nitrogens with two attached hydrogens (primary N) is 1. The molecule has 0 saturated heterocycles. The maximum absolute atomic E-state index is 12.1. The number of amides is 2. The maximum atomic E-state index is 12.1. The van der Waals surface area contributed by atoms with E-state index in [-0.39, 0.29) is 21.5 Å². The van der Waals surface area contributed by atoms with Crippen molar-refractivity contribution in [1.29, 1.82) is 0 Å². The van der Waals surface area contributed by atoms with Crippen molar-refractivity contribution in [2.75, 3.05) is 78.7 Å². The van der Waals surface area contributed by atoms with Crippen molar-refractivity contribution in [1.82, 2.24) is 10.6 Å². The van der Waals surface area contributed by atoms with E-state index in [4.69, 9.17) is 29.4 Å². The summed E-state index contributed by atoms with van der Waals surface area (Å²) >= 11 is 0. The topological polar surface area (TPSA) is 130 Å². The molecule has 0 radical (unpaired) electrons. The van der Waals surface area contributed by atoms with Gasteiger partial charge >= 0.3 is 0 Å². The van der Waals surface area contributed by atoms with Crippen LogP contribution in [0.3, 0.4) is 0 Å². The smallest absolute Gasteiger partial charge is 0.251 e. The third kappa shape index (κ3) is 23.6. The highest BCUT2D eigenvalue weighted by Crippen LogP contribution is 2.25. The molecular formula is C30H57N3O7S2. The van der Waals surface area contributed by atoms with E-state index in [9.17, 15) is 9.59 Å². The van der Waals surface area contributed by atoms with Crippen LogP contribution in [-0.2, 0) is 23.7 Å². The highest BCUT2D eigenvalue weighted by atomic mass is 33.1. The Balaban J connectivity index is -0.00000164. The molecule has 42 heavy (non-hydrogen) atoms. The molecule has 1 aromatic rings. The van der Waals surface area contributed by atoms with Gasteiger partial charge in [-0.2, -0.15) is 0 Å². The molecule has 12 heteroatoms. The lowest BCUT2D eigenvalue weighted by molar-refractivity contribution is -0.121. The Morgan fingerprint density at radius 2 is 1.74 bits per heavy atom. The monoisotopic (exact) mass is 635 g/mol. The van der Waals surface area contributed by atoms with Crippen LogP contribution in [0.1, 0.15) is 55.2 Å². The second-order valence-electron chi connectivity index (χ2n) is 8.65. The summed E-state index contributed by atoms with van der Waals surface area (Å²) in [5.74, 6) is 6.68. The molecule has 0 spiro atoms. The van der Waals surface area contributed by atoms with Gasteiger partial charge in [-0.1, -0.05) is 67.2 Å². The van der Waals surface area contributed by atoms with Crippen LogP contribution in [0.25, 0.3) is 0 Å². The minimum atomic E-state index is -0.194. The minimum absolute atomic E-state index is 0. The molecule has 0 bridgehead atoms. The van der Waals surface area contributed by atoms with E-state index in [1.165, 1.54) is 0 Å². The fourth-order valence-corrected chi connectivity index (χ4v) is 4.47. The Hall–Kier alpha value is -1.98. The van der Waals surface area contributed by atoms with E-state index >= 15 is 0 Å². The van der Waals surface area contributed by atoms with Gasteiger partial charge in [0.15, 0.2) is 0 Å². The molecule has 0 aliphatic heterocycles. The quantitative estimate of drug-likeness (QED) is 0.0685. The number of rotatable bonds is 23. The van der Waals surface area contributed by atoms with Crippen LogP contribution in [0.15, 0.2) is 24.3 Å². The first-order valence-electron chi connectivity index (χ1n) is 14.5. The van der Waals surface area contributed by atoms with Crippen LogP contribution in [0.4, 0.5) is 0 Å². The number of ether oxygens (including phenoxy) is 5. The van der Waals surface area contributed by atoms with E-state index in [1.807, 2.05) is 34.0 Å². The largest absolute Gasteiger partial charge is 0.490 e. The molecule has 0 aliphatic carbocycles. The van der Waals surface area contributed by atoms with Crippen molar-refractivity contribution >= 4 is 33.4 Å². The normalized spacial score (nSPS) is 11.1. The van der Waals surface area contributed by atoms with Gasteiger partial charge in [0.1, 0.15) is 24.4 Å². The van der Waals surface area contributed by atoms with Crippen LogP contribution in [0.2, 0.25) is 0 Å². The van der Waals surface area contributed by atoms with Gasteiger partial charge in [0.25, 0.3) is 5.91 Å². The molecule has 0 heterocycles. The maximum Gasteiger partial charge on any atom is 0.251 e. The summed E-state index contributed by atoms with van der Waals surface area (Å²) in [5.41, 5.74) is 5.76. The number of carbonyl (C=O) groups excluding carboxylic acids is 2. The summed E-state index contributed by atoms with van der Waals surface area (Å²) in [6.07, 6.45) is 3.02. The van der Waals surface area contributed by atoms with Gasteiger partial charge in [0, 0.05) is 48.4 Å². The lowest BCUT2D eigenvalue weighted by atomic mass is 10.2. The Bertz CT molecular complexity index is 898. The van der Waals surface area contributed by atoms with Crippen LogP contribution in [0, 0.1) is 17.8 Å². The van der Waals surface area contributed by atoms with Crippen molar-refractivity contribution in [2.45, 2.75) is 46.0 Å². The van der Waals surface area contributed by atoms with Crippen molar-refractivity contribution in [3.05, 3.63) is 29.8 Å². The fraction of sp³-hybridized carbons (Fsp3) is 0.667. The predicted molar refractivity (Wildman–Crippen MR) is 179 cm³/mol. The predicted octanol–water partition coefficient (Wildman–Crippen LogP) is 4.48. The number of nitrogens with one attached hydrogen (secondary N) is 2. The summed E-state index contributed by atoms with van der Waals surface area (Å²) in [6.45, 7) is 12.7. The first-order chi connectivity index (χ1) is 20.5. The lowest BCUT2D eigenvalue weighted by Crippen LogP contribution is -2.29. The summed E-state index contributed by atoms with van der Waals surface area (Å²) in [6, 6.07) is 7.01. The zero-order valence-electron chi connectivity index (χ0n) is 25.9. The Morgan fingerprint density at radius 1 is 1.00 bits per heavy atom. The number of hydrogen-bond acceptors (Lipinski definition) is 10. The van der Waals surface area contributed by atoms with Crippen LogP contribution < -0.4 is 21.1 Å². The average Bonchev–Trinajstić information content (AvgIpc) is 3.00. The van der Waals surface area contributed by atoms with Crippen LogP contribution in [0.5, 0.6) is 5.75 Å². The summed E-state index contributed by atoms with van der Waals surface area (Å²) < 4.78 is 28.2. The second kappa shape index (κ2) is 29.1. The molecule has 10 nitrogen and oxygen atoms in total. The van der Waals surface area contributed by atoms with E-state index in [0.717, 1.165) is 0 Å². The van der Waals surface area contributed by atoms with Gasteiger partial charge in [-0.25, -0.2) is 0 Å². The molecule has 2 amide bonds. The summed E-state index contributed by atoms with van der Waals surface area (Å²) in [7, 11) is 3.15. The van der Waals surface area contributed by atoms with Crippen molar-refractivity contribution in [3.63, 3.8) is 0 Å². The summed E-state index contributed by atoms with van der Waals surface area (Å²) in [4.78, 5) is 23.9. The van der Waals surface area contributed by atoms with E-state index in [2.05, 4.69) is 22.5 Å². The Kier molecular flexibility index (Phi) is 27.7. The van der Waals surface area contributed by atoms with Gasteiger partial charge in [0.2, 0.25) is 5.91 Å². The molecular weight excluding hydrogens is 578 g/mol. The lowest BCUT2D eigenvalue weighted by Gasteiger charge is -2.17. The molecule has 0 aliphatic rings. The molecule has 1 unspecified atom stereocenters. The highest BCUT2D eigenvalue weighted by molar-refractivity contribution is 8.76. The SMILES string of the molecule is CC.CSSC(COc1cccc(C(=O)NCCN)c1)OCCOCCOCCCC(=O)NCCOCC#CC(C)C.[HH].[HH].[HH]. The molecule has 0 aromatic heterocycles. The molecule has 1 atom stereocenters. The Morgan fingerprint density at radius 3 is 2.45 bits per heavy atom. The van der Waals surface area contributed by atoms with Crippen molar-refractivity contribution in [2.24, 2.45) is 11.7 Å². The van der Waals surface area contributed by atoms with E-state index in [1.54, 1.807) is 45.9 Å². The van der Waals surface area contributed by atoms with Gasteiger partial charge in [0.05, 0.1) is 33.0 Å². The van der Waals surface area contributed by atoms with Gasteiger partial charge in [-0.05, 0) is 30.9 Å². The first-order valence-corrected chi connectivity index (χ1v) is 17.1. The van der Waals surface area contributed by atoms with Crippen LogP contribution in [-0.4, -0.2) is 96.0 Å². The zero-order chi connectivity index (χ0) is 31.3. The summed E-state index contributed by atoms with van der Waals surface area (Å²) in [5, 5.41) is 5.56. The van der Waals surface area contributed by atoms with Gasteiger partial charge < -0.3 is 40.1 Å². The minimum Gasteiger partial charge on any atom is -0.490 e. The fourth-order valence-electron chi connectivity index (χ4n) is 3.01. The third-order valence-electron chi connectivity index (χ3n) is 4.85. The molecule has 1 rings (SSSR count). The second-order valence-corrected chi connectivity index (χ2v) is 11.3. The standard InChI is InChI=1S/C28H45N3O7S2.C2H6.3H2/c1-23(2)7-5-14-34-16-13-30-26(32)10-6-15-35-17-18-36-19-20-37-27(40-39-3)22-38-25-9-4-8-24(21-25)28(33)31-12-11-29;1-2;;;/h4,8-9,21,23,27H,6,10-20,22,29H2,1-3H3,(H,30,32)(H,31,33);1-2H3;3*1H. The molecule has 4 N–H and O–H groups in total. The molecule has 0 saturated carbocycles. The number of carbonyl (C=O) groups is 2. The van der Waals surface area contributed by atoms with Crippen LogP contribution >= 0.6 is 21.6 Å².